The molecule has 0 atom stereocenters. The normalized spacial score (nSPS) is 20.4. The standard InChI is InChI=1S/C20H26N4O2/c1-22-9-10-23(16-20(22)7-11-26-12-8-20)19(25)18-13-21-24(15-18)14-17-5-3-2-4-6-17/h2-6,13,15H,7-12,14,16H2,1H3. The molecule has 2 aliphatic heterocycles. The van der Waals surface area contributed by atoms with Crippen LogP contribution in [-0.2, 0) is 11.3 Å². The van der Waals surface area contributed by atoms with Gasteiger partial charge in [-0.25, -0.2) is 0 Å². The Hall–Kier alpha value is -2.18. The topological polar surface area (TPSA) is 50.6 Å². The molecule has 0 aliphatic carbocycles. The molecule has 138 valence electrons. The van der Waals surface area contributed by atoms with Gasteiger partial charge in [-0.05, 0) is 25.5 Å². The first-order chi connectivity index (χ1) is 12.7. The van der Waals surface area contributed by atoms with Crippen molar-refractivity contribution in [2.24, 2.45) is 0 Å². The van der Waals surface area contributed by atoms with E-state index in [0.717, 1.165) is 45.7 Å². The van der Waals surface area contributed by atoms with Gasteiger partial charge >= 0.3 is 0 Å². The number of aromatic nitrogens is 2. The molecular formula is C20H26N4O2. The van der Waals surface area contributed by atoms with E-state index in [1.54, 1.807) is 6.20 Å². The Kier molecular flexibility index (Phi) is 4.78. The van der Waals surface area contributed by atoms with E-state index in [1.807, 2.05) is 34.0 Å². The SMILES string of the molecule is CN1CCN(C(=O)c2cnn(Cc3ccccc3)c2)CC12CCOCC2. The molecule has 1 aromatic heterocycles. The summed E-state index contributed by atoms with van der Waals surface area (Å²) in [5.74, 6) is 0.0864. The quantitative estimate of drug-likeness (QED) is 0.844. The second kappa shape index (κ2) is 7.21. The molecule has 6 nitrogen and oxygen atoms in total. The summed E-state index contributed by atoms with van der Waals surface area (Å²) in [5.41, 5.74) is 1.91. The molecule has 1 aromatic carbocycles. The van der Waals surface area contributed by atoms with E-state index >= 15 is 0 Å². The van der Waals surface area contributed by atoms with Crippen LogP contribution in [0.4, 0.5) is 0 Å². The summed E-state index contributed by atoms with van der Waals surface area (Å²) in [5, 5.41) is 4.39. The molecule has 0 saturated carbocycles. The third-order valence-electron chi connectivity index (χ3n) is 5.78. The van der Waals surface area contributed by atoms with Crippen molar-refractivity contribution in [1.29, 1.82) is 0 Å². The predicted molar refractivity (Wildman–Crippen MR) is 99.1 cm³/mol. The van der Waals surface area contributed by atoms with Gasteiger partial charge in [0.15, 0.2) is 0 Å². The summed E-state index contributed by atoms with van der Waals surface area (Å²) in [4.78, 5) is 17.4. The first-order valence-electron chi connectivity index (χ1n) is 9.31. The molecule has 26 heavy (non-hydrogen) atoms. The molecule has 2 saturated heterocycles. The third kappa shape index (κ3) is 3.39. The van der Waals surface area contributed by atoms with Crippen LogP contribution in [0.3, 0.4) is 0 Å². The maximum absolute atomic E-state index is 13.0. The average Bonchev–Trinajstić information content (AvgIpc) is 3.13. The number of piperazine rings is 1. The Balaban J connectivity index is 1.46. The molecule has 1 spiro atoms. The van der Waals surface area contributed by atoms with E-state index in [-0.39, 0.29) is 11.4 Å². The second-order valence-corrected chi connectivity index (χ2v) is 7.40. The van der Waals surface area contributed by atoms with Gasteiger partial charge in [-0.15, -0.1) is 0 Å². The van der Waals surface area contributed by atoms with Crippen LogP contribution in [0.5, 0.6) is 0 Å². The third-order valence-corrected chi connectivity index (χ3v) is 5.78. The lowest BCUT2D eigenvalue weighted by atomic mass is 9.86. The average molecular weight is 354 g/mol. The maximum Gasteiger partial charge on any atom is 0.257 e. The van der Waals surface area contributed by atoms with Gasteiger partial charge in [-0.3, -0.25) is 14.4 Å². The second-order valence-electron chi connectivity index (χ2n) is 7.40. The van der Waals surface area contributed by atoms with Crippen LogP contribution in [0.1, 0.15) is 28.8 Å². The fourth-order valence-corrected chi connectivity index (χ4v) is 4.04. The van der Waals surface area contributed by atoms with Gasteiger partial charge in [-0.1, -0.05) is 30.3 Å². The molecule has 3 heterocycles. The Morgan fingerprint density at radius 3 is 2.73 bits per heavy atom. The minimum Gasteiger partial charge on any atom is -0.381 e. The summed E-state index contributed by atoms with van der Waals surface area (Å²) in [6.07, 6.45) is 5.53. The first-order valence-corrected chi connectivity index (χ1v) is 9.31. The first kappa shape index (κ1) is 17.2. The number of amides is 1. The summed E-state index contributed by atoms with van der Waals surface area (Å²) >= 11 is 0. The smallest absolute Gasteiger partial charge is 0.257 e. The van der Waals surface area contributed by atoms with E-state index in [0.29, 0.717) is 12.1 Å². The number of carbonyl (C=O) groups excluding carboxylic acids is 1. The Bertz CT molecular complexity index is 752. The minimum absolute atomic E-state index is 0.0617. The molecule has 4 rings (SSSR count). The van der Waals surface area contributed by atoms with Crippen molar-refractivity contribution in [1.82, 2.24) is 19.6 Å². The molecule has 2 aromatic rings. The van der Waals surface area contributed by atoms with E-state index in [2.05, 4.69) is 29.2 Å². The summed E-state index contributed by atoms with van der Waals surface area (Å²) in [6, 6.07) is 10.2. The van der Waals surface area contributed by atoms with Gasteiger partial charge < -0.3 is 9.64 Å². The van der Waals surface area contributed by atoms with Gasteiger partial charge in [0.2, 0.25) is 0 Å². The highest BCUT2D eigenvalue weighted by atomic mass is 16.5. The van der Waals surface area contributed by atoms with Gasteiger partial charge in [0.05, 0.1) is 18.3 Å². The number of hydrogen-bond donors (Lipinski definition) is 0. The molecule has 0 N–H and O–H groups in total. The Labute approximate surface area is 154 Å². The van der Waals surface area contributed by atoms with Gasteiger partial charge in [0.25, 0.3) is 5.91 Å². The van der Waals surface area contributed by atoms with Gasteiger partial charge in [0.1, 0.15) is 0 Å². The number of nitrogens with zero attached hydrogens (tertiary/aromatic N) is 4. The van der Waals surface area contributed by atoms with Crippen molar-refractivity contribution in [3.8, 4) is 0 Å². The Morgan fingerprint density at radius 1 is 1.19 bits per heavy atom. The van der Waals surface area contributed by atoms with Crippen LogP contribution in [0.25, 0.3) is 0 Å². The zero-order valence-electron chi connectivity index (χ0n) is 15.3. The monoisotopic (exact) mass is 354 g/mol. The molecule has 6 heteroatoms. The van der Waals surface area contributed by atoms with Gasteiger partial charge in [-0.2, -0.15) is 5.10 Å². The van der Waals surface area contributed by atoms with E-state index in [9.17, 15) is 4.79 Å². The zero-order valence-corrected chi connectivity index (χ0v) is 15.3. The molecule has 2 fully saturated rings. The summed E-state index contributed by atoms with van der Waals surface area (Å²) in [7, 11) is 2.17. The summed E-state index contributed by atoms with van der Waals surface area (Å²) in [6.45, 7) is 4.68. The fraction of sp³-hybridized carbons (Fsp3) is 0.500. The molecule has 0 bridgehead atoms. The number of likely N-dealkylation sites (N-methyl/N-ethyl adjacent to an activating group) is 1. The van der Waals surface area contributed by atoms with Crippen molar-refractivity contribution >= 4 is 5.91 Å². The minimum atomic E-state index is 0.0617. The highest BCUT2D eigenvalue weighted by Crippen LogP contribution is 2.31. The van der Waals surface area contributed by atoms with E-state index in [1.165, 1.54) is 5.56 Å². The van der Waals surface area contributed by atoms with E-state index < -0.39 is 0 Å². The van der Waals surface area contributed by atoms with Crippen LogP contribution in [-0.4, -0.2) is 70.9 Å². The predicted octanol–water partition coefficient (Wildman–Crippen LogP) is 1.87. The highest BCUT2D eigenvalue weighted by Gasteiger charge is 2.42. The van der Waals surface area contributed by atoms with Crippen LogP contribution in [0.15, 0.2) is 42.7 Å². The lowest BCUT2D eigenvalue weighted by Gasteiger charge is -2.51. The number of carbonyl (C=O) groups is 1. The number of hydrogen-bond acceptors (Lipinski definition) is 4. The van der Waals surface area contributed by atoms with Crippen molar-refractivity contribution in [2.45, 2.75) is 24.9 Å². The van der Waals surface area contributed by atoms with Crippen molar-refractivity contribution < 1.29 is 9.53 Å². The Morgan fingerprint density at radius 2 is 1.96 bits per heavy atom. The zero-order chi connectivity index (χ0) is 18.0. The van der Waals surface area contributed by atoms with Crippen LogP contribution >= 0.6 is 0 Å². The van der Waals surface area contributed by atoms with Crippen molar-refractivity contribution in [2.75, 3.05) is 39.9 Å². The molecular weight excluding hydrogens is 328 g/mol. The lowest BCUT2D eigenvalue weighted by molar-refractivity contribution is -0.0543. The lowest BCUT2D eigenvalue weighted by Crippen LogP contribution is -2.63. The maximum atomic E-state index is 13.0. The van der Waals surface area contributed by atoms with Crippen LogP contribution < -0.4 is 0 Å². The van der Waals surface area contributed by atoms with Crippen molar-refractivity contribution in [3.05, 3.63) is 53.9 Å². The molecule has 0 radical (unpaired) electrons. The van der Waals surface area contributed by atoms with Crippen LogP contribution in [0, 0.1) is 0 Å². The number of rotatable bonds is 3. The molecule has 1 amide bonds. The molecule has 0 unspecified atom stereocenters. The highest BCUT2D eigenvalue weighted by molar-refractivity contribution is 5.93. The van der Waals surface area contributed by atoms with Crippen LogP contribution in [0.2, 0.25) is 0 Å². The van der Waals surface area contributed by atoms with E-state index in [4.69, 9.17) is 4.74 Å². The number of ether oxygens (including phenoxy) is 1. The fourth-order valence-electron chi connectivity index (χ4n) is 4.04. The van der Waals surface area contributed by atoms with Crippen molar-refractivity contribution in [3.63, 3.8) is 0 Å². The van der Waals surface area contributed by atoms with Gasteiger partial charge in [0, 0.05) is 44.6 Å². The largest absolute Gasteiger partial charge is 0.381 e. The molecule has 2 aliphatic rings. The summed E-state index contributed by atoms with van der Waals surface area (Å²) < 4.78 is 7.38. The number of benzene rings is 1.